The molecule has 0 aromatic heterocycles. The Morgan fingerprint density at radius 3 is 2.46 bits per heavy atom. The van der Waals surface area contributed by atoms with Gasteiger partial charge >= 0.3 is 5.97 Å². The summed E-state index contributed by atoms with van der Waals surface area (Å²) in [6, 6.07) is 11.1. The number of carbonyl (C=O) groups is 4. The van der Waals surface area contributed by atoms with Crippen molar-refractivity contribution in [1.29, 1.82) is 0 Å². The molecule has 0 aliphatic carbocycles. The highest BCUT2D eigenvalue weighted by Crippen LogP contribution is 2.35. The number of benzene rings is 2. The Bertz CT molecular complexity index is 1190. The van der Waals surface area contributed by atoms with E-state index in [1.807, 2.05) is 0 Å². The standard InChI is InChI=1S/C25H23ClN2O6S/c1-2-33-20-13-16(5-10-19(20)34-24(31)17-6-8-18(26)9-7-17)14-21-23(30)28(25(32)35-21)15-22(29)27-11-3-4-12-27/h5-10,13-14H,2-4,11-12,15H2,1H3/b21-14-. The number of carbonyl (C=O) groups excluding carboxylic acids is 4. The van der Waals surface area contributed by atoms with Crippen molar-refractivity contribution in [2.24, 2.45) is 0 Å². The third-order valence-electron chi connectivity index (χ3n) is 5.47. The first-order chi connectivity index (χ1) is 16.9. The Morgan fingerprint density at radius 2 is 1.77 bits per heavy atom. The molecule has 0 N–H and O–H groups in total. The van der Waals surface area contributed by atoms with Crippen molar-refractivity contribution in [3.63, 3.8) is 0 Å². The lowest BCUT2D eigenvalue weighted by Crippen LogP contribution is -2.40. The monoisotopic (exact) mass is 514 g/mol. The molecule has 182 valence electrons. The molecule has 2 fully saturated rings. The summed E-state index contributed by atoms with van der Waals surface area (Å²) in [5.41, 5.74) is 0.911. The number of imide groups is 1. The second-order valence-corrected chi connectivity index (χ2v) is 9.32. The Hall–Kier alpha value is -3.30. The minimum absolute atomic E-state index is 0.206. The van der Waals surface area contributed by atoms with Gasteiger partial charge in [-0.1, -0.05) is 17.7 Å². The first kappa shape index (κ1) is 24.8. The van der Waals surface area contributed by atoms with Crippen LogP contribution in [0, 0.1) is 0 Å². The SMILES string of the molecule is CCOc1cc(/C=C2\SC(=O)N(CC(=O)N3CCCC3)C2=O)ccc1OC(=O)c1ccc(Cl)cc1. The van der Waals surface area contributed by atoms with Crippen LogP contribution in [-0.4, -0.2) is 59.1 Å². The van der Waals surface area contributed by atoms with Crippen molar-refractivity contribution in [2.75, 3.05) is 26.2 Å². The van der Waals surface area contributed by atoms with Crippen LogP contribution in [-0.2, 0) is 9.59 Å². The van der Waals surface area contributed by atoms with Crippen molar-refractivity contribution in [3.8, 4) is 11.5 Å². The van der Waals surface area contributed by atoms with E-state index in [9.17, 15) is 19.2 Å². The van der Waals surface area contributed by atoms with Gasteiger partial charge in [-0.25, -0.2) is 4.79 Å². The predicted molar refractivity (Wildman–Crippen MR) is 133 cm³/mol. The van der Waals surface area contributed by atoms with Crippen LogP contribution in [0.3, 0.4) is 0 Å². The predicted octanol–water partition coefficient (Wildman–Crippen LogP) is 4.62. The van der Waals surface area contributed by atoms with Gasteiger partial charge in [0.2, 0.25) is 5.91 Å². The lowest BCUT2D eigenvalue weighted by Gasteiger charge is -2.18. The average Bonchev–Trinajstić information content (AvgIpc) is 3.46. The molecular weight excluding hydrogens is 492 g/mol. The van der Waals surface area contributed by atoms with E-state index in [0.29, 0.717) is 41.6 Å². The van der Waals surface area contributed by atoms with Crippen LogP contribution in [0.4, 0.5) is 4.79 Å². The first-order valence-corrected chi connectivity index (χ1v) is 12.3. The quantitative estimate of drug-likeness (QED) is 0.302. The molecule has 8 nitrogen and oxygen atoms in total. The van der Waals surface area contributed by atoms with E-state index in [4.69, 9.17) is 21.1 Å². The Kier molecular flexibility index (Phi) is 7.77. The lowest BCUT2D eigenvalue weighted by molar-refractivity contribution is -0.135. The fraction of sp³-hybridized carbons (Fsp3) is 0.280. The summed E-state index contributed by atoms with van der Waals surface area (Å²) in [4.78, 5) is 53.0. The summed E-state index contributed by atoms with van der Waals surface area (Å²) in [6.45, 7) is 3.16. The zero-order valence-corrected chi connectivity index (χ0v) is 20.6. The number of nitrogens with zero attached hydrogens (tertiary/aromatic N) is 2. The van der Waals surface area contributed by atoms with E-state index in [-0.39, 0.29) is 23.1 Å². The number of amides is 3. The molecule has 0 radical (unpaired) electrons. The maximum atomic E-state index is 12.8. The van der Waals surface area contributed by atoms with E-state index in [0.717, 1.165) is 29.5 Å². The third kappa shape index (κ3) is 5.86. The van der Waals surface area contributed by atoms with Crippen LogP contribution in [0.25, 0.3) is 6.08 Å². The van der Waals surface area contributed by atoms with E-state index >= 15 is 0 Å². The molecule has 2 aliphatic rings. The van der Waals surface area contributed by atoms with Crippen molar-refractivity contribution in [2.45, 2.75) is 19.8 Å². The van der Waals surface area contributed by atoms with Gasteiger partial charge < -0.3 is 14.4 Å². The number of thioether (sulfide) groups is 1. The maximum absolute atomic E-state index is 12.8. The second kappa shape index (κ2) is 11.0. The fourth-order valence-corrected chi connectivity index (χ4v) is 4.67. The largest absolute Gasteiger partial charge is 0.490 e. The van der Waals surface area contributed by atoms with E-state index in [1.54, 1.807) is 60.4 Å². The zero-order chi connectivity index (χ0) is 24.9. The molecule has 0 spiro atoms. The lowest BCUT2D eigenvalue weighted by atomic mass is 10.1. The summed E-state index contributed by atoms with van der Waals surface area (Å²) in [7, 11) is 0. The molecule has 10 heteroatoms. The highest BCUT2D eigenvalue weighted by Gasteiger charge is 2.37. The zero-order valence-electron chi connectivity index (χ0n) is 19.0. The number of likely N-dealkylation sites (tertiary alicyclic amines) is 1. The van der Waals surface area contributed by atoms with Crippen molar-refractivity contribution < 1.29 is 28.7 Å². The molecule has 35 heavy (non-hydrogen) atoms. The molecule has 3 amide bonds. The van der Waals surface area contributed by atoms with Gasteiger partial charge in [0.1, 0.15) is 6.54 Å². The molecule has 2 heterocycles. The first-order valence-electron chi connectivity index (χ1n) is 11.1. The Balaban J connectivity index is 1.49. The maximum Gasteiger partial charge on any atom is 0.343 e. The molecule has 2 aliphatic heterocycles. The molecule has 0 atom stereocenters. The smallest absolute Gasteiger partial charge is 0.343 e. The number of halogens is 1. The minimum atomic E-state index is -0.570. The molecule has 0 saturated carbocycles. The highest BCUT2D eigenvalue weighted by atomic mass is 35.5. The van der Waals surface area contributed by atoms with Crippen LogP contribution >= 0.6 is 23.4 Å². The van der Waals surface area contributed by atoms with Gasteiger partial charge in [-0.3, -0.25) is 19.3 Å². The van der Waals surface area contributed by atoms with Gasteiger partial charge in [-0.2, -0.15) is 0 Å². The van der Waals surface area contributed by atoms with Crippen LogP contribution < -0.4 is 9.47 Å². The average molecular weight is 515 g/mol. The summed E-state index contributed by atoms with van der Waals surface area (Å²) in [6.07, 6.45) is 3.42. The summed E-state index contributed by atoms with van der Waals surface area (Å²) < 4.78 is 11.1. The van der Waals surface area contributed by atoms with Crippen molar-refractivity contribution in [3.05, 3.63) is 63.5 Å². The molecule has 0 bridgehead atoms. The Labute approximate surface area is 211 Å². The molecule has 0 unspecified atom stereocenters. The van der Waals surface area contributed by atoms with Gasteiger partial charge in [0.25, 0.3) is 11.1 Å². The molecule has 2 saturated heterocycles. The van der Waals surface area contributed by atoms with E-state index in [1.165, 1.54) is 0 Å². The summed E-state index contributed by atoms with van der Waals surface area (Å²) >= 11 is 6.65. The van der Waals surface area contributed by atoms with E-state index in [2.05, 4.69) is 0 Å². The number of esters is 1. The minimum Gasteiger partial charge on any atom is -0.490 e. The normalized spacial score (nSPS) is 16.8. The molecular formula is C25H23ClN2O6S. The van der Waals surface area contributed by atoms with Crippen molar-refractivity contribution in [1.82, 2.24) is 9.80 Å². The molecule has 2 aromatic rings. The van der Waals surface area contributed by atoms with Gasteiger partial charge in [-0.15, -0.1) is 0 Å². The highest BCUT2D eigenvalue weighted by molar-refractivity contribution is 8.18. The van der Waals surface area contributed by atoms with Gasteiger partial charge in [-0.05, 0) is 79.6 Å². The van der Waals surface area contributed by atoms with Crippen LogP contribution in [0.2, 0.25) is 5.02 Å². The molecule has 2 aromatic carbocycles. The van der Waals surface area contributed by atoms with Crippen molar-refractivity contribution >= 4 is 52.5 Å². The van der Waals surface area contributed by atoms with Gasteiger partial charge in [0.05, 0.1) is 17.1 Å². The number of hydrogen-bond donors (Lipinski definition) is 0. The van der Waals surface area contributed by atoms with E-state index < -0.39 is 17.1 Å². The topological polar surface area (TPSA) is 93.2 Å². The summed E-state index contributed by atoms with van der Waals surface area (Å²) in [5.74, 6) is -0.778. The van der Waals surface area contributed by atoms with Crippen LogP contribution in [0.5, 0.6) is 11.5 Å². The summed E-state index contributed by atoms with van der Waals surface area (Å²) in [5, 5.41) is 0.0260. The third-order valence-corrected chi connectivity index (χ3v) is 6.63. The second-order valence-electron chi connectivity index (χ2n) is 7.89. The van der Waals surface area contributed by atoms with Crippen LogP contribution in [0.1, 0.15) is 35.7 Å². The molecule has 4 rings (SSSR count). The Morgan fingerprint density at radius 1 is 1.06 bits per heavy atom. The number of hydrogen-bond acceptors (Lipinski definition) is 7. The van der Waals surface area contributed by atoms with Gasteiger partial charge in [0, 0.05) is 18.1 Å². The number of ether oxygens (including phenoxy) is 2. The fourth-order valence-electron chi connectivity index (χ4n) is 3.70. The number of rotatable bonds is 7. The van der Waals surface area contributed by atoms with Gasteiger partial charge in [0.15, 0.2) is 11.5 Å². The van der Waals surface area contributed by atoms with Crippen LogP contribution in [0.15, 0.2) is 47.4 Å².